The third-order valence-electron chi connectivity index (χ3n) is 4.71. The smallest absolute Gasteiger partial charge is 0.258 e. The number of para-hydroxylation sites is 2. The molecule has 0 spiro atoms. The molecule has 1 amide bonds. The summed E-state index contributed by atoms with van der Waals surface area (Å²) >= 11 is 0. The predicted octanol–water partition coefficient (Wildman–Crippen LogP) is 4.81. The number of carbonyl (C=O) groups excluding carboxylic acids is 1. The molecule has 3 heteroatoms. The molecule has 3 aromatic rings. The van der Waals surface area contributed by atoms with Gasteiger partial charge in [-0.25, -0.2) is 0 Å². The Morgan fingerprint density at radius 3 is 2.40 bits per heavy atom. The van der Waals surface area contributed by atoms with Crippen LogP contribution in [-0.2, 0) is 0 Å². The lowest BCUT2D eigenvalue weighted by Crippen LogP contribution is -2.41. The van der Waals surface area contributed by atoms with Gasteiger partial charge in [0.05, 0.1) is 24.0 Å². The average Bonchev–Trinajstić information content (AvgIpc) is 2.67. The molecule has 25 heavy (non-hydrogen) atoms. The van der Waals surface area contributed by atoms with E-state index < -0.39 is 0 Å². The number of hydrogen-bond donors (Lipinski definition) is 1. The van der Waals surface area contributed by atoms with Crippen LogP contribution in [0.1, 0.15) is 27.5 Å². The molecule has 1 unspecified atom stereocenters. The number of nitrogens with one attached hydrogen (secondary N) is 1. The Morgan fingerprint density at radius 1 is 0.920 bits per heavy atom. The van der Waals surface area contributed by atoms with Crippen LogP contribution in [0, 0.1) is 6.92 Å². The van der Waals surface area contributed by atoms with Crippen molar-refractivity contribution >= 4 is 17.3 Å². The van der Waals surface area contributed by atoms with Crippen LogP contribution in [0.4, 0.5) is 11.4 Å². The van der Waals surface area contributed by atoms with E-state index in [1.807, 2.05) is 78.6 Å². The molecular weight excluding hydrogens is 308 g/mol. The Hall–Kier alpha value is -3.07. The zero-order valence-corrected chi connectivity index (χ0v) is 14.1. The Kier molecular flexibility index (Phi) is 3.98. The van der Waals surface area contributed by atoms with E-state index in [4.69, 9.17) is 0 Å². The summed E-state index contributed by atoms with van der Waals surface area (Å²) in [4.78, 5) is 15.2. The minimum atomic E-state index is 0.0491. The summed E-state index contributed by atoms with van der Waals surface area (Å²) in [6.45, 7) is 2.59. The highest BCUT2D eigenvalue weighted by Crippen LogP contribution is 2.36. The van der Waals surface area contributed by atoms with Gasteiger partial charge in [0, 0.05) is 5.56 Å². The van der Waals surface area contributed by atoms with E-state index >= 15 is 0 Å². The van der Waals surface area contributed by atoms with Crippen LogP contribution in [0.25, 0.3) is 0 Å². The summed E-state index contributed by atoms with van der Waals surface area (Å²) in [6.07, 6.45) is 0. The van der Waals surface area contributed by atoms with Gasteiger partial charge in [-0.1, -0.05) is 60.7 Å². The number of amides is 1. The molecule has 1 N–H and O–H groups in total. The molecule has 0 saturated carbocycles. The van der Waals surface area contributed by atoms with Crippen LogP contribution >= 0.6 is 0 Å². The predicted molar refractivity (Wildman–Crippen MR) is 102 cm³/mol. The maximum Gasteiger partial charge on any atom is 0.258 e. The van der Waals surface area contributed by atoms with E-state index in [0.29, 0.717) is 6.54 Å². The molecule has 0 aliphatic carbocycles. The highest BCUT2D eigenvalue weighted by molar-refractivity contribution is 6.09. The average molecular weight is 328 g/mol. The Labute approximate surface area is 147 Å². The van der Waals surface area contributed by atoms with E-state index in [2.05, 4.69) is 17.4 Å². The van der Waals surface area contributed by atoms with Crippen molar-refractivity contribution < 1.29 is 4.79 Å². The molecule has 0 saturated heterocycles. The first-order valence-corrected chi connectivity index (χ1v) is 8.52. The van der Waals surface area contributed by atoms with Gasteiger partial charge < -0.3 is 10.2 Å². The zero-order valence-electron chi connectivity index (χ0n) is 14.1. The maximum atomic E-state index is 13.3. The molecule has 3 nitrogen and oxygen atoms in total. The first-order valence-electron chi connectivity index (χ1n) is 8.52. The standard InChI is InChI=1S/C22H20N2O/c1-16-9-5-6-12-18(16)22(25)24-15-20(17-10-3-2-4-11-17)23-19-13-7-8-14-21(19)24/h2-14,20,23H,15H2,1H3. The van der Waals surface area contributed by atoms with E-state index in [0.717, 1.165) is 22.5 Å². The lowest BCUT2D eigenvalue weighted by molar-refractivity contribution is 0.0984. The van der Waals surface area contributed by atoms with Crippen molar-refractivity contribution in [2.24, 2.45) is 0 Å². The van der Waals surface area contributed by atoms with Gasteiger partial charge in [0.25, 0.3) is 5.91 Å². The first kappa shape index (κ1) is 15.5. The summed E-state index contributed by atoms with van der Waals surface area (Å²) in [5.41, 5.74) is 4.86. The number of carbonyl (C=O) groups is 1. The summed E-state index contributed by atoms with van der Waals surface area (Å²) < 4.78 is 0. The summed E-state index contributed by atoms with van der Waals surface area (Å²) in [7, 11) is 0. The molecule has 3 aromatic carbocycles. The van der Waals surface area contributed by atoms with Crippen LogP contribution in [-0.4, -0.2) is 12.5 Å². The first-order chi connectivity index (χ1) is 12.2. The molecule has 1 aliphatic heterocycles. The molecule has 0 bridgehead atoms. The number of hydrogen-bond acceptors (Lipinski definition) is 2. The Morgan fingerprint density at radius 2 is 1.60 bits per heavy atom. The number of nitrogens with zero attached hydrogens (tertiary/aromatic N) is 1. The second-order valence-corrected chi connectivity index (χ2v) is 6.36. The second-order valence-electron chi connectivity index (χ2n) is 6.36. The van der Waals surface area contributed by atoms with Crippen LogP contribution in [0.15, 0.2) is 78.9 Å². The van der Waals surface area contributed by atoms with Crippen molar-refractivity contribution in [3.8, 4) is 0 Å². The number of rotatable bonds is 2. The molecule has 1 aliphatic rings. The third-order valence-corrected chi connectivity index (χ3v) is 4.71. The normalized spacial score (nSPS) is 16.0. The van der Waals surface area contributed by atoms with Gasteiger partial charge in [-0.3, -0.25) is 4.79 Å². The van der Waals surface area contributed by atoms with Gasteiger partial charge in [0.2, 0.25) is 0 Å². The molecule has 1 atom stereocenters. The lowest BCUT2D eigenvalue weighted by Gasteiger charge is -2.36. The molecular formula is C22H20N2O. The molecule has 0 fully saturated rings. The summed E-state index contributed by atoms with van der Waals surface area (Å²) in [6, 6.07) is 26.1. The SMILES string of the molecule is Cc1ccccc1C(=O)N1CC(c2ccccc2)Nc2ccccc21. The monoisotopic (exact) mass is 328 g/mol. The number of aryl methyl sites for hydroxylation is 1. The minimum absolute atomic E-state index is 0.0491. The minimum Gasteiger partial charge on any atom is -0.375 e. The van der Waals surface area contributed by atoms with Crippen LogP contribution in [0.3, 0.4) is 0 Å². The van der Waals surface area contributed by atoms with Gasteiger partial charge in [-0.2, -0.15) is 0 Å². The highest BCUT2D eigenvalue weighted by Gasteiger charge is 2.29. The van der Waals surface area contributed by atoms with Gasteiger partial charge in [-0.15, -0.1) is 0 Å². The topological polar surface area (TPSA) is 32.3 Å². The van der Waals surface area contributed by atoms with E-state index in [9.17, 15) is 4.79 Å². The number of anilines is 2. The number of fused-ring (bicyclic) bond motifs is 1. The third kappa shape index (κ3) is 2.89. The van der Waals surface area contributed by atoms with Crippen molar-refractivity contribution in [3.63, 3.8) is 0 Å². The van der Waals surface area contributed by atoms with Crippen molar-refractivity contribution in [2.75, 3.05) is 16.8 Å². The van der Waals surface area contributed by atoms with Crippen molar-refractivity contribution in [2.45, 2.75) is 13.0 Å². The molecule has 1 heterocycles. The molecule has 0 aromatic heterocycles. The fourth-order valence-electron chi connectivity index (χ4n) is 3.37. The zero-order chi connectivity index (χ0) is 17.2. The highest BCUT2D eigenvalue weighted by atomic mass is 16.2. The van der Waals surface area contributed by atoms with Crippen molar-refractivity contribution in [1.29, 1.82) is 0 Å². The molecule has 124 valence electrons. The van der Waals surface area contributed by atoms with Crippen molar-refractivity contribution in [3.05, 3.63) is 95.6 Å². The van der Waals surface area contributed by atoms with Gasteiger partial charge in [-0.05, 0) is 36.2 Å². The van der Waals surface area contributed by atoms with E-state index in [1.54, 1.807) is 0 Å². The van der Waals surface area contributed by atoms with Crippen molar-refractivity contribution in [1.82, 2.24) is 0 Å². The number of benzene rings is 3. The van der Waals surface area contributed by atoms with E-state index in [1.165, 1.54) is 5.56 Å². The lowest BCUT2D eigenvalue weighted by atomic mass is 10.0. The fraction of sp³-hybridized carbons (Fsp3) is 0.136. The van der Waals surface area contributed by atoms with Crippen LogP contribution in [0.2, 0.25) is 0 Å². The van der Waals surface area contributed by atoms with Gasteiger partial charge in [0.15, 0.2) is 0 Å². The largest absolute Gasteiger partial charge is 0.375 e. The quantitative estimate of drug-likeness (QED) is 0.732. The Bertz CT molecular complexity index is 905. The van der Waals surface area contributed by atoms with Crippen LogP contribution < -0.4 is 10.2 Å². The second kappa shape index (κ2) is 6.44. The molecule has 0 radical (unpaired) electrons. The summed E-state index contributed by atoms with van der Waals surface area (Å²) in [5.74, 6) is 0.0491. The van der Waals surface area contributed by atoms with Crippen LogP contribution in [0.5, 0.6) is 0 Å². The van der Waals surface area contributed by atoms with Gasteiger partial charge in [0.1, 0.15) is 0 Å². The Balaban J connectivity index is 1.75. The van der Waals surface area contributed by atoms with E-state index in [-0.39, 0.29) is 11.9 Å². The molecule has 4 rings (SSSR count). The van der Waals surface area contributed by atoms with Gasteiger partial charge >= 0.3 is 0 Å². The summed E-state index contributed by atoms with van der Waals surface area (Å²) in [5, 5.41) is 3.57. The fourth-order valence-corrected chi connectivity index (χ4v) is 3.37. The maximum absolute atomic E-state index is 13.3.